The Kier molecular flexibility index (Phi) is 6.21. The van der Waals surface area contributed by atoms with Crippen molar-refractivity contribution in [3.8, 4) is 0 Å². The second-order valence-electron chi connectivity index (χ2n) is 6.95. The first-order valence-electron chi connectivity index (χ1n) is 9.50. The van der Waals surface area contributed by atoms with E-state index in [1.807, 2.05) is 6.92 Å². The molecule has 0 saturated carbocycles. The van der Waals surface area contributed by atoms with E-state index >= 15 is 0 Å². The SMILES string of the molecule is Cc1nc(CSc2nnc(CN3CCCCC3)n2Cc2ccccc2)cs1. The van der Waals surface area contributed by atoms with Crippen LogP contribution in [0.3, 0.4) is 0 Å². The molecule has 1 aromatic carbocycles. The van der Waals surface area contributed by atoms with Gasteiger partial charge in [0.2, 0.25) is 0 Å². The number of benzene rings is 1. The van der Waals surface area contributed by atoms with Crippen LogP contribution in [0.2, 0.25) is 0 Å². The van der Waals surface area contributed by atoms with Crippen molar-refractivity contribution in [3.63, 3.8) is 0 Å². The lowest BCUT2D eigenvalue weighted by atomic mass is 10.1. The second kappa shape index (κ2) is 8.99. The fourth-order valence-electron chi connectivity index (χ4n) is 3.40. The Hall–Kier alpha value is -1.70. The Balaban J connectivity index is 1.53. The summed E-state index contributed by atoms with van der Waals surface area (Å²) in [6, 6.07) is 10.6. The first-order chi connectivity index (χ1) is 13.3. The number of piperidine rings is 1. The van der Waals surface area contributed by atoms with Crippen molar-refractivity contribution in [2.75, 3.05) is 13.1 Å². The third kappa shape index (κ3) is 4.97. The number of aromatic nitrogens is 4. The minimum Gasteiger partial charge on any atom is -0.300 e. The predicted octanol–water partition coefficient (Wildman–Crippen LogP) is 4.37. The van der Waals surface area contributed by atoms with Crippen LogP contribution in [0.15, 0.2) is 40.9 Å². The van der Waals surface area contributed by atoms with Crippen LogP contribution in [0.5, 0.6) is 0 Å². The molecule has 1 aliphatic heterocycles. The maximum atomic E-state index is 4.57. The number of likely N-dealkylation sites (tertiary alicyclic amines) is 1. The second-order valence-corrected chi connectivity index (χ2v) is 8.96. The molecular weight excluding hydrogens is 374 g/mol. The lowest BCUT2D eigenvalue weighted by molar-refractivity contribution is 0.213. The minimum absolute atomic E-state index is 0.815. The van der Waals surface area contributed by atoms with Crippen molar-refractivity contribution in [2.24, 2.45) is 0 Å². The van der Waals surface area contributed by atoms with Gasteiger partial charge in [-0.25, -0.2) is 4.98 Å². The summed E-state index contributed by atoms with van der Waals surface area (Å²) in [5, 5.41) is 13.3. The van der Waals surface area contributed by atoms with Gasteiger partial charge in [0.1, 0.15) is 5.82 Å². The summed E-state index contributed by atoms with van der Waals surface area (Å²) in [7, 11) is 0. The lowest BCUT2D eigenvalue weighted by Gasteiger charge is -2.26. The van der Waals surface area contributed by atoms with E-state index < -0.39 is 0 Å². The third-order valence-corrected chi connectivity index (χ3v) is 6.63. The van der Waals surface area contributed by atoms with Gasteiger partial charge < -0.3 is 4.57 Å². The fraction of sp³-hybridized carbons (Fsp3) is 0.450. The van der Waals surface area contributed by atoms with Crippen LogP contribution in [0.4, 0.5) is 0 Å². The highest BCUT2D eigenvalue weighted by atomic mass is 32.2. The Morgan fingerprint density at radius 3 is 2.59 bits per heavy atom. The summed E-state index contributed by atoms with van der Waals surface area (Å²) < 4.78 is 2.29. The highest BCUT2D eigenvalue weighted by molar-refractivity contribution is 7.98. The van der Waals surface area contributed by atoms with E-state index in [2.05, 4.69) is 60.4 Å². The number of thiazole rings is 1. The molecule has 1 saturated heterocycles. The quantitative estimate of drug-likeness (QED) is 0.552. The molecule has 3 aromatic rings. The van der Waals surface area contributed by atoms with Crippen LogP contribution in [0, 0.1) is 6.92 Å². The van der Waals surface area contributed by atoms with E-state index in [1.54, 1.807) is 23.1 Å². The smallest absolute Gasteiger partial charge is 0.191 e. The number of aryl methyl sites for hydroxylation is 1. The van der Waals surface area contributed by atoms with E-state index in [4.69, 9.17) is 0 Å². The molecule has 2 aromatic heterocycles. The van der Waals surface area contributed by atoms with E-state index in [9.17, 15) is 0 Å². The average molecular weight is 400 g/mol. The van der Waals surface area contributed by atoms with Gasteiger partial charge in [0.25, 0.3) is 0 Å². The molecule has 0 unspecified atom stereocenters. The van der Waals surface area contributed by atoms with Gasteiger partial charge in [0.05, 0.1) is 23.8 Å². The van der Waals surface area contributed by atoms with Crippen molar-refractivity contribution < 1.29 is 0 Å². The van der Waals surface area contributed by atoms with Crippen LogP contribution >= 0.6 is 23.1 Å². The molecule has 142 valence electrons. The Labute approximate surface area is 168 Å². The molecule has 0 bridgehead atoms. The highest BCUT2D eigenvalue weighted by Crippen LogP contribution is 2.24. The lowest BCUT2D eigenvalue weighted by Crippen LogP contribution is -2.30. The molecule has 0 radical (unpaired) electrons. The van der Waals surface area contributed by atoms with Crippen molar-refractivity contribution in [1.29, 1.82) is 0 Å². The fourth-order valence-corrected chi connectivity index (χ4v) is 4.97. The number of thioether (sulfide) groups is 1. The topological polar surface area (TPSA) is 46.8 Å². The van der Waals surface area contributed by atoms with Crippen LogP contribution in [0.1, 0.15) is 41.4 Å². The summed E-state index contributed by atoms with van der Waals surface area (Å²) in [5.41, 5.74) is 2.40. The molecule has 3 heterocycles. The van der Waals surface area contributed by atoms with Crippen molar-refractivity contribution in [1.82, 2.24) is 24.6 Å². The Bertz CT molecular complexity index is 852. The van der Waals surface area contributed by atoms with Crippen molar-refractivity contribution in [3.05, 3.63) is 57.8 Å². The molecule has 1 aliphatic rings. The maximum absolute atomic E-state index is 4.57. The summed E-state index contributed by atoms with van der Waals surface area (Å²) in [5.74, 6) is 1.90. The minimum atomic E-state index is 0.815. The summed E-state index contributed by atoms with van der Waals surface area (Å²) >= 11 is 3.43. The normalized spacial score (nSPS) is 15.3. The zero-order valence-electron chi connectivity index (χ0n) is 15.7. The predicted molar refractivity (Wildman–Crippen MR) is 111 cm³/mol. The highest BCUT2D eigenvalue weighted by Gasteiger charge is 2.18. The first kappa shape index (κ1) is 18.7. The standard InChI is InChI=1S/C20H25N5S2/c1-16-21-18(14-26-16)15-27-20-23-22-19(13-24-10-6-3-7-11-24)25(20)12-17-8-4-2-5-9-17/h2,4-5,8-9,14H,3,6-7,10-13,15H2,1H3. The van der Waals surface area contributed by atoms with Gasteiger partial charge in [-0.15, -0.1) is 21.5 Å². The summed E-state index contributed by atoms with van der Waals surface area (Å²) in [6.45, 7) is 6.08. The first-order valence-corrected chi connectivity index (χ1v) is 11.4. The molecule has 1 fully saturated rings. The molecule has 4 rings (SSSR count). The van der Waals surface area contributed by atoms with Crippen LogP contribution in [-0.4, -0.2) is 37.7 Å². The number of hydrogen-bond donors (Lipinski definition) is 0. The summed E-state index contributed by atoms with van der Waals surface area (Å²) in [6.07, 6.45) is 3.93. The average Bonchev–Trinajstić information content (AvgIpc) is 3.28. The zero-order chi connectivity index (χ0) is 18.5. The molecule has 0 amide bonds. The molecule has 0 spiro atoms. The molecule has 0 atom stereocenters. The van der Waals surface area contributed by atoms with Crippen LogP contribution in [-0.2, 0) is 18.8 Å². The van der Waals surface area contributed by atoms with E-state index in [0.717, 1.165) is 40.5 Å². The largest absolute Gasteiger partial charge is 0.300 e. The van der Waals surface area contributed by atoms with Gasteiger partial charge in [-0.3, -0.25) is 4.90 Å². The van der Waals surface area contributed by atoms with E-state index in [1.165, 1.54) is 37.9 Å². The number of nitrogens with zero attached hydrogens (tertiary/aromatic N) is 5. The van der Waals surface area contributed by atoms with Gasteiger partial charge in [-0.2, -0.15) is 0 Å². The molecule has 27 heavy (non-hydrogen) atoms. The van der Waals surface area contributed by atoms with E-state index in [-0.39, 0.29) is 0 Å². The molecule has 5 nitrogen and oxygen atoms in total. The van der Waals surface area contributed by atoms with Gasteiger partial charge in [0, 0.05) is 11.1 Å². The van der Waals surface area contributed by atoms with Gasteiger partial charge >= 0.3 is 0 Å². The molecule has 7 heteroatoms. The molecule has 0 N–H and O–H groups in total. The van der Waals surface area contributed by atoms with Gasteiger partial charge in [-0.1, -0.05) is 48.5 Å². The van der Waals surface area contributed by atoms with Crippen LogP contribution in [0.25, 0.3) is 0 Å². The Morgan fingerprint density at radius 1 is 1.04 bits per heavy atom. The Morgan fingerprint density at radius 2 is 1.85 bits per heavy atom. The number of rotatable bonds is 7. The van der Waals surface area contributed by atoms with Crippen molar-refractivity contribution >= 4 is 23.1 Å². The summed E-state index contributed by atoms with van der Waals surface area (Å²) in [4.78, 5) is 7.08. The molecular formula is C20H25N5S2. The third-order valence-electron chi connectivity index (χ3n) is 4.81. The maximum Gasteiger partial charge on any atom is 0.191 e. The monoisotopic (exact) mass is 399 g/mol. The van der Waals surface area contributed by atoms with E-state index in [0.29, 0.717) is 0 Å². The van der Waals surface area contributed by atoms with Gasteiger partial charge in [-0.05, 0) is 38.4 Å². The van der Waals surface area contributed by atoms with Gasteiger partial charge in [0.15, 0.2) is 5.16 Å². The zero-order valence-corrected chi connectivity index (χ0v) is 17.3. The number of hydrogen-bond acceptors (Lipinski definition) is 6. The van der Waals surface area contributed by atoms with Crippen molar-refractivity contribution in [2.45, 2.75) is 50.2 Å². The molecule has 0 aliphatic carbocycles. The van der Waals surface area contributed by atoms with Crippen LogP contribution < -0.4 is 0 Å².